The van der Waals surface area contributed by atoms with E-state index in [1.807, 2.05) is 54.6 Å². The van der Waals surface area contributed by atoms with Crippen molar-refractivity contribution in [3.63, 3.8) is 0 Å². The van der Waals surface area contributed by atoms with Crippen LogP contribution in [0.25, 0.3) is 54.8 Å². The zero-order valence-electron chi connectivity index (χ0n) is 23.2. The minimum absolute atomic E-state index is 0.630. The Labute approximate surface area is 269 Å². The Morgan fingerprint density at radius 2 is 0.929 bits per heavy atom. The summed E-state index contributed by atoms with van der Waals surface area (Å²) in [6, 6.07) is 45.3. The van der Waals surface area contributed by atoms with Gasteiger partial charge in [-0.1, -0.05) is 109 Å². The van der Waals surface area contributed by atoms with Crippen LogP contribution in [0.4, 0.5) is 0 Å². The van der Waals surface area contributed by atoms with Crippen molar-refractivity contribution in [2.75, 3.05) is 14.2 Å². The number of ether oxygens (including phenoxy) is 2. The van der Waals surface area contributed by atoms with Gasteiger partial charge in [0, 0.05) is 65.7 Å². The molecule has 7 aromatic rings. The predicted octanol–water partition coefficient (Wildman–Crippen LogP) is 10.7. The smallest absolute Gasteiger partial charge is 0.213 e. The fourth-order valence-electron chi connectivity index (χ4n) is 5.11. The summed E-state index contributed by atoms with van der Waals surface area (Å²) in [5, 5.41) is 6.07. The standard InChI is InChI=1S/C18H13NO.C18H15NO.I2/c1-20-17-11-10-16-14-8-3-2-6-12(14)13-7-4-5-9-15(13)18(16)19-17;1-20-18-13-7-12-17(19-18)16-11-6-5-10-15(16)14-8-3-2-4-9-14;1-2/h2-11H,1H3;2-13H,1H3;. The first kappa shape index (κ1) is 29.7. The topological polar surface area (TPSA) is 44.2 Å². The largest absolute Gasteiger partial charge is 0.481 e. The van der Waals surface area contributed by atoms with E-state index in [9.17, 15) is 0 Å². The molecule has 5 aromatic carbocycles. The zero-order chi connectivity index (χ0) is 29.3. The first-order chi connectivity index (χ1) is 20.8. The number of aromatic nitrogens is 2. The van der Waals surface area contributed by atoms with Gasteiger partial charge < -0.3 is 9.47 Å². The SMILES string of the molecule is COc1ccc2c3ccccc3c3ccccc3c2n1.COc1cccc(-c2ccccc2-c2ccccc2)n1.II. The van der Waals surface area contributed by atoms with Crippen molar-refractivity contribution in [3.05, 3.63) is 133 Å². The van der Waals surface area contributed by atoms with Gasteiger partial charge in [0.05, 0.1) is 25.4 Å². The van der Waals surface area contributed by atoms with Gasteiger partial charge in [0.2, 0.25) is 11.8 Å². The van der Waals surface area contributed by atoms with Crippen molar-refractivity contribution in [3.8, 4) is 34.1 Å². The molecule has 0 radical (unpaired) electrons. The number of rotatable bonds is 4. The van der Waals surface area contributed by atoms with E-state index < -0.39 is 0 Å². The third-order valence-corrected chi connectivity index (χ3v) is 6.99. The Hall–Kier alpha value is -3.76. The number of fused-ring (bicyclic) bond motifs is 6. The van der Waals surface area contributed by atoms with E-state index in [4.69, 9.17) is 9.47 Å². The second kappa shape index (κ2) is 14.4. The number of halogens is 2. The van der Waals surface area contributed by atoms with Gasteiger partial charge in [-0.15, -0.1) is 0 Å². The molecule has 7 rings (SSSR count). The summed E-state index contributed by atoms with van der Waals surface area (Å²) >= 11 is 4.24. The highest BCUT2D eigenvalue weighted by atomic mass is 128. The van der Waals surface area contributed by atoms with E-state index in [-0.39, 0.29) is 0 Å². The fraction of sp³-hybridized carbons (Fsp3) is 0.0556. The van der Waals surface area contributed by atoms with E-state index >= 15 is 0 Å². The number of hydrogen-bond donors (Lipinski definition) is 0. The van der Waals surface area contributed by atoms with E-state index in [1.165, 1.54) is 38.1 Å². The molecule has 0 aliphatic heterocycles. The monoisotopic (exact) mass is 774 g/mol. The van der Waals surface area contributed by atoms with Crippen LogP contribution in [0, 0.1) is 0 Å². The van der Waals surface area contributed by atoms with Gasteiger partial charge in [0.25, 0.3) is 0 Å². The number of pyridine rings is 2. The van der Waals surface area contributed by atoms with Crippen LogP contribution in [0.15, 0.2) is 133 Å². The molecule has 4 nitrogen and oxygen atoms in total. The average Bonchev–Trinajstić information content (AvgIpc) is 3.09. The molecule has 0 saturated heterocycles. The van der Waals surface area contributed by atoms with Gasteiger partial charge in [0.1, 0.15) is 0 Å². The van der Waals surface area contributed by atoms with Gasteiger partial charge in [0.15, 0.2) is 0 Å². The van der Waals surface area contributed by atoms with Crippen molar-refractivity contribution >= 4 is 69.7 Å². The summed E-state index contributed by atoms with van der Waals surface area (Å²) in [6.45, 7) is 0. The highest BCUT2D eigenvalue weighted by Crippen LogP contribution is 2.35. The maximum absolute atomic E-state index is 5.27. The van der Waals surface area contributed by atoms with Crippen LogP contribution in [0.5, 0.6) is 11.8 Å². The lowest BCUT2D eigenvalue weighted by Crippen LogP contribution is -1.91. The van der Waals surface area contributed by atoms with Crippen LogP contribution in [0.2, 0.25) is 0 Å². The molecule has 2 aromatic heterocycles. The van der Waals surface area contributed by atoms with Crippen LogP contribution in [-0.2, 0) is 0 Å². The van der Waals surface area contributed by atoms with Gasteiger partial charge >= 0.3 is 0 Å². The van der Waals surface area contributed by atoms with Crippen molar-refractivity contribution in [1.29, 1.82) is 0 Å². The van der Waals surface area contributed by atoms with Gasteiger partial charge in [-0.2, -0.15) is 0 Å². The molecule has 0 saturated carbocycles. The highest BCUT2D eigenvalue weighted by molar-refractivity contribution is 15.0. The Balaban J connectivity index is 0.000000159. The van der Waals surface area contributed by atoms with E-state index in [1.54, 1.807) is 14.2 Å². The maximum atomic E-state index is 5.27. The second-order valence-corrected chi connectivity index (χ2v) is 9.32. The van der Waals surface area contributed by atoms with Crippen LogP contribution in [0.3, 0.4) is 0 Å². The number of benzene rings is 5. The zero-order valence-corrected chi connectivity index (χ0v) is 27.5. The molecule has 0 aliphatic carbocycles. The predicted molar refractivity (Wildman–Crippen MR) is 193 cm³/mol. The third-order valence-electron chi connectivity index (χ3n) is 6.99. The van der Waals surface area contributed by atoms with Crippen molar-refractivity contribution in [2.24, 2.45) is 0 Å². The number of hydrogen-bond acceptors (Lipinski definition) is 4. The Kier molecular flexibility index (Phi) is 10.2. The highest BCUT2D eigenvalue weighted by Gasteiger charge is 2.10. The van der Waals surface area contributed by atoms with Gasteiger partial charge in [-0.05, 0) is 39.4 Å². The molecule has 0 fully saturated rings. The Morgan fingerprint density at radius 1 is 0.429 bits per heavy atom. The summed E-state index contributed by atoms with van der Waals surface area (Å²) < 4.78 is 10.5. The minimum Gasteiger partial charge on any atom is -0.481 e. The first-order valence-corrected chi connectivity index (χ1v) is 19.6. The third kappa shape index (κ3) is 6.34. The summed E-state index contributed by atoms with van der Waals surface area (Å²) in [5.41, 5.74) is 5.39. The van der Waals surface area contributed by atoms with Gasteiger partial charge in [-0.3, -0.25) is 0 Å². The lowest BCUT2D eigenvalue weighted by molar-refractivity contribution is 0.398. The van der Waals surface area contributed by atoms with E-state index in [0.717, 1.165) is 16.8 Å². The van der Waals surface area contributed by atoms with E-state index in [2.05, 4.69) is 126 Å². The lowest BCUT2D eigenvalue weighted by Gasteiger charge is -2.10. The molecule has 0 spiro atoms. The number of nitrogens with zero attached hydrogens (tertiary/aromatic N) is 2. The van der Waals surface area contributed by atoms with Gasteiger partial charge in [-0.25, -0.2) is 9.97 Å². The van der Waals surface area contributed by atoms with Crippen molar-refractivity contribution < 1.29 is 9.47 Å². The molecule has 0 unspecified atom stereocenters. The minimum atomic E-state index is 0.630. The molecule has 0 N–H and O–H groups in total. The fourth-order valence-corrected chi connectivity index (χ4v) is 5.11. The summed E-state index contributed by atoms with van der Waals surface area (Å²) in [4.78, 5) is 9.18. The molecule has 0 atom stereocenters. The molecule has 0 amide bonds. The molecule has 42 heavy (non-hydrogen) atoms. The summed E-state index contributed by atoms with van der Waals surface area (Å²) in [5.74, 6) is 1.28. The first-order valence-electron chi connectivity index (χ1n) is 13.3. The molecule has 208 valence electrons. The Bertz CT molecular complexity index is 1910. The van der Waals surface area contributed by atoms with Crippen LogP contribution < -0.4 is 9.47 Å². The quantitative estimate of drug-likeness (QED) is 0.132. The average molecular weight is 774 g/mol. The number of methoxy groups -OCH3 is 2. The van der Waals surface area contributed by atoms with Crippen LogP contribution in [-0.4, -0.2) is 24.2 Å². The molecule has 0 bridgehead atoms. The maximum Gasteiger partial charge on any atom is 0.213 e. The molecule has 2 heterocycles. The van der Waals surface area contributed by atoms with Crippen LogP contribution in [0.1, 0.15) is 0 Å². The summed E-state index contributed by atoms with van der Waals surface area (Å²) in [6.07, 6.45) is 0. The molecule has 0 aliphatic rings. The van der Waals surface area contributed by atoms with E-state index in [0.29, 0.717) is 11.8 Å². The van der Waals surface area contributed by atoms with Crippen LogP contribution >= 0.6 is 37.2 Å². The Morgan fingerprint density at radius 3 is 1.57 bits per heavy atom. The molecule has 6 heteroatoms. The second-order valence-electron chi connectivity index (χ2n) is 9.32. The molecular weight excluding hydrogens is 746 g/mol. The molecular formula is C36H28I2N2O2. The van der Waals surface area contributed by atoms with Crippen molar-refractivity contribution in [2.45, 2.75) is 0 Å². The lowest BCUT2D eigenvalue weighted by atomic mass is 9.97. The van der Waals surface area contributed by atoms with Crippen molar-refractivity contribution in [1.82, 2.24) is 9.97 Å². The summed E-state index contributed by atoms with van der Waals surface area (Å²) in [7, 11) is 3.28. The normalized spacial score (nSPS) is 10.4.